The van der Waals surface area contributed by atoms with Crippen molar-refractivity contribution in [2.45, 2.75) is 25.0 Å². The minimum absolute atomic E-state index is 0. The average molecular weight is 301 g/mol. The Hall–Kier alpha value is -1.30. The zero-order chi connectivity index (χ0) is 13.6. The van der Waals surface area contributed by atoms with Crippen LogP contribution >= 0.6 is 12.4 Å². The standard InChI is InChI=1S/C14H20N2O3.ClH/c17-13(19-10-12-4-2-1-3-5-12)16-9-7-14(18)6-8-15-11-14;/h1-5,15,18H,6-11H2,(H,16,17);1H. The number of aliphatic hydroxyl groups is 1. The second kappa shape index (κ2) is 8.09. The van der Waals surface area contributed by atoms with Gasteiger partial charge in [0.1, 0.15) is 6.61 Å². The van der Waals surface area contributed by atoms with Crippen LogP contribution in [0.2, 0.25) is 0 Å². The number of β-amino-alcohol motifs (C(OH)–C–C–N with tert-alkyl or cyclic N) is 1. The molecule has 0 spiro atoms. The van der Waals surface area contributed by atoms with Crippen molar-refractivity contribution in [2.75, 3.05) is 19.6 Å². The Bertz CT molecular complexity index is 408. The molecule has 0 saturated carbocycles. The maximum atomic E-state index is 11.5. The van der Waals surface area contributed by atoms with Crippen molar-refractivity contribution in [2.24, 2.45) is 0 Å². The largest absolute Gasteiger partial charge is 0.445 e. The Balaban J connectivity index is 0.00000200. The molecule has 0 radical (unpaired) electrons. The molecule has 2 rings (SSSR count). The van der Waals surface area contributed by atoms with Crippen LogP contribution in [0, 0.1) is 0 Å². The first-order valence-corrected chi connectivity index (χ1v) is 6.56. The molecule has 1 amide bonds. The number of hydrogen-bond acceptors (Lipinski definition) is 4. The molecule has 1 heterocycles. The van der Waals surface area contributed by atoms with Crippen molar-refractivity contribution in [3.8, 4) is 0 Å². The highest BCUT2D eigenvalue weighted by atomic mass is 35.5. The number of nitrogens with one attached hydrogen (secondary N) is 2. The second-order valence-corrected chi connectivity index (χ2v) is 4.89. The Kier molecular flexibility index (Phi) is 6.78. The van der Waals surface area contributed by atoms with Crippen LogP contribution in [0.1, 0.15) is 18.4 Å². The summed E-state index contributed by atoms with van der Waals surface area (Å²) in [5.41, 5.74) is 0.267. The maximum Gasteiger partial charge on any atom is 0.407 e. The molecule has 0 aliphatic carbocycles. The molecule has 1 fully saturated rings. The number of halogens is 1. The van der Waals surface area contributed by atoms with E-state index in [-0.39, 0.29) is 19.0 Å². The highest BCUT2D eigenvalue weighted by Crippen LogP contribution is 2.17. The third kappa shape index (κ3) is 5.36. The number of benzene rings is 1. The predicted molar refractivity (Wildman–Crippen MR) is 78.9 cm³/mol. The molecule has 1 unspecified atom stereocenters. The molecule has 1 atom stereocenters. The van der Waals surface area contributed by atoms with E-state index in [9.17, 15) is 9.90 Å². The molecule has 112 valence electrons. The number of alkyl carbamates (subject to hydrolysis) is 1. The quantitative estimate of drug-likeness (QED) is 0.770. The molecule has 1 aromatic rings. The van der Waals surface area contributed by atoms with E-state index >= 15 is 0 Å². The predicted octanol–water partition coefficient (Wildman–Crippen LogP) is 1.45. The summed E-state index contributed by atoms with van der Waals surface area (Å²) < 4.78 is 5.08. The van der Waals surface area contributed by atoms with Crippen molar-refractivity contribution in [3.63, 3.8) is 0 Å². The van der Waals surface area contributed by atoms with Crippen LogP contribution in [0.5, 0.6) is 0 Å². The van der Waals surface area contributed by atoms with Crippen LogP contribution in [-0.4, -0.2) is 36.4 Å². The van der Waals surface area contributed by atoms with Gasteiger partial charge in [0, 0.05) is 13.1 Å². The van der Waals surface area contributed by atoms with E-state index in [2.05, 4.69) is 10.6 Å². The Morgan fingerprint density at radius 1 is 1.40 bits per heavy atom. The first-order chi connectivity index (χ1) is 9.18. The molecular weight excluding hydrogens is 280 g/mol. The molecule has 1 aliphatic heterocycles. The minimum atomic E-state index is -0.688. The van der Waals surface area contributed by atoms with E-state index in [1.54, 1.807) is 0 Å². The van der Waals surface area contributed by atoms with Gasteiger partial charge < -0.3 is 20.5 Å². The van der Waals surface area contributed by atoms with Crippen molar-refractivity contribution in [3.05, 3.63) is 35.9 Å². The van der Waals surface area contributed by atoms with Crippen LogP contribution in [0.3, 0.4) is 0 Å². The molecule has 6 heteroatoms. The fraction of sp³-hybridized carbons (Fsp3) is 0.500. The van der Waals surface area contributed by atoms with Crippen molar-refractivity contribution in [1.82, 2.24) is 10.6 Å². The minimum Gasteiger partial charge on any atom is -0.445 e. The Morgan fingerprint density at radius 3 is 2.80 bits per heavy atom. The zero-order valence-corrected chi connectivity index (χ0v) is 12.1. The molecule has 1 aliphatic rings. The maximum absolute atomic E-state index is 11.5. The fourth-order valence-corrected chi connectivity index (χ4v) is 2.12. The topological polar surface area (TPSA) is 70.6 Å². The van der Waals surface area contributed by atoms with Gasteiger partial charge in [0.2, 0.25) is 0 Å². The molecule has 20 heavy (non-hydrogen) atoms. The number of carbonyl (C=O) groups is 1. The molecular formula is C14H21ClN2O3. The monoisotopic (exact) mass is 300 g/mol. The van der Waals surface area contributed by atoms with Gasteiger partial charge in [-0.25, -0.2) is 4.79 Å². The van der Waals surface area contributed by atoms with E-state index in [0.717, 1.165) is 18.5 Å². The van der Waals surface area contributed by atoms with E-state index in [1.807, 2.05) is 30.3 Å². The van der Waals surface area contributed by atoms with Crippen molar-refractivity contribution < 1.29 is 14.6 Å². The lowest BCUT2D eigenvalue weighted by atomic mass is 9.99. The first-order valence-electron chi connectivity index (χ1n) is 6.56. The average Bonchev–Trinajstić information content (AvgIpc) is 2.85. The summed E-state index contributed by atoms with van der Waals surface area (Å²) >= 11 is 0. The van der Waals surface area contributed by atoms with Crippen LogP contribution in [-0.2, 0) is 11.3 Å². The van der Waals surface area contributed by atoms with Gasteiger partial charge in [-0.1, -0.05) is 30.3 Å². The number of amides is 1. The lowest BCUT2D eigenvalue weighted by Gasteiger charge is -2.20. The lowest BCUT2D eigenvalue weighted by molar-refractivity contribution is 0.0519. The molecule has 5 nitrogen and oxygen atoms in total. The lowest BCUT2D eigenvalue weighted by Crippen LogP contribution is -2.36. The second-order valence-electron chi connectivity index (χ2n) is 4.89. The zero-order valence-electron chi connectivity index (χ0n) is 11.3. The molecule has 1 aromatic carbocycles. The SMILES string of the molecule is Cl.O=C(NCCC1(O)CCNC1)OCc1ccccc1. The summed E-state index contributed by atoms with van der Waals surface area (Å²) in [6, 6.07) is 9.53. The van der Waals surface area contributed by atoms with Gasteiger partial charge in [0.25, 0.3) is 0 Å². The highest BCUT2D eigenvalue weighted by Gasteiger charge is 2.30. The Labute approximate surface area is 125 Å². The third-order valence-electron chi connectivity index (χ3n) is 3.29. The van der Waals surface area contributed by atoms with Crippen LogP contribution in [0.15, 0.2) is 30.3 Å². The third-order valence-corrected chi connectivity index (χ3v) is 3.29. The van der Waals surface area contributed by atoms with Gasteiger partial charge in [-0.3, -0.25) is 0 Å². The van der Waals surface area contributed by atoms with Gasteiger partial charge in [0.15, 0.2) is 0 Å². The fourth-order valence-electron chi connectivity index (χ4n) is 2.12. The van der Waals surface area contributed by atoms with Crippen LogP contribution in [0.4, 0.5) is 4.79 Å². The van der Waals surface area contributed by atoms with E-state index in [4.69, 9.17) is 4.74 Å². The molecule has 0 bridgehead atoms. The first kappa shape index (κ1) is 16.8. The van der Waals surface area contributed by atoms with Gasteiger partial charge in [-0.2, -0.15) is 0 Å². The van der Waals surface area contributed by atoms with Gasteiger partial charge in [-0.05, 0) is 24.9 Å². The summed E-state index contributed by atoms with van der Waals surface area (Å²) in [5, 5.41) is 15.8. The van der Waals surface area contributed by atoms with Gasteiger partial charge >= 0.3 is 6.09 Å². The smallest absolute Gasteiger partial charge is 0.407 e. The molecule has 1 saturated heterocycles. The number of rotatable bonds is 5. The van der Waals surface area contributed by atoms with Gasteiger partial charge in [-0.15, -0.1) is 12.4 Å². The van der Waals surface area contributed by atoms with E-state index in [0.29, 0.717) is 19.5 Å². The number of hydrogen-bond donors (Lipinski definition) is 3. The van der Waals surface area contributed by atoms with E-state index < -0.39 is 11.7 Å². The number of carbonyl (C=O) groups excluding carboxylic acids is 1. The highest BCUT2D eigenvalue weighted by molar-refractivity contribution is 5.85. The summed E-state index contributed by atoms with van der Waals surface area (Å²) in [7, 11) is 0. The summed E-state index contributed by atoms with van der Waals surface area (Å²) in [6.45, 7) is 2.10. The van der Waals surface area contributed by atoms with Crippen molar-refractivity contribution >= 4 is 18.5 Å². The van der Waals surface area contributed by atoms with Crippen LogP contribution < -0.4 is 10.6 Å². The summed E-state index contributed by atoms with van der Waals surface area (Å²) in [5.74, 6) is 0. The molecule has 3 N–H and O–H groups in total. The van der Waals surface area contributed by atoms with Crippen molar-refractivity contribution in [1.29, 1.82) is 0 Å². The van der Waals surface area contributed by atoms with E-state index in [1.165, 1.54) is 0 Å². The normalized spacial score (nSPS) is 21.1. The number of ether oxygens (including phenoxy) is 1. The molecule has 0 aromatic heterocycles. The van der Waals surface area contributed by atoms with Crippen LogP contribution in [0.25, 0.3) is 0 Å². The van der Waals surface area contributed by atoms with Gasteiger partial charge in [0.05, 0.1) is 5.60 Å². The summed E-state index contributed by atoms with van der Waals surface area (Å²) in [4.78, 5) is 11.5. The summed E-state index contributed by atoms with van der Waals surface area (Å²) in [6.07, 6.45) is 0.826. The Morgan fingerprint density at radius 2 is 2.15 bits per heavy atom.